The van der Waals surface area contributed by atoms with Gasteiger partial charge in [-0.05, 0) is 12.4 Å². The van der Waals surface area contributed by atoms with Crippen molar-refractivity contribution < 1.29 is 4.79 Å². The van der Waals surface area contributed by atoms with Crippen LogP contribution in [0.15, 0.2) is 0 Å². The first-order chi connectivity index (χ1) is 5.22. The third kappa shape index (κ3) is 2.55. The zero-order chi connectivity index (χ0) is 8.32. The lowest BCUT2D eigenvalue weighted by molar-refractivity contribution is 0.276. The van der Waals surface area contributed by atoms with E-state index in [2.05, 4.69) is 15.5 Å². The van der Waals surface area contributed by atoms with Crippen LogP contribution < -0.4 is 0 Å². The number of rotatable bonds is 2. The average molecular weight is 226 g/mol. The Kier molecular flexibility index (Phi) is 4.10. The lowest BCUT2D eigenvalue weighted by Gasteiger charge is -2.32. The van der Waals surface area contributed by atoms with E-state index in [0.717, 1.165) is 17.7 Å². The second-order valence-corrected chi connectivity index (χ2v) is 6.26. The van der Waals surface area contributed by atoms with Crippen molar-refractivity contribution in [3.05, 3.63) is 0 Å². The molecule has 1 rings (SSSR count). The van der Waals surface area contributed by atoms with Gasteiger partial charge in [0.1, 0.15) is 0 Å². The van der Waals surface area contributed by atoms with E-state index >= 15 is 0 Å². The second-order valence-electron chi connectivity index (χ2n) is 2.42. The Hall–Kier alpha value is 1.15. The lowest BCUT2D eigenvalue weighted by Crippen LogP contribution is -2.36. The maximum atomic E-state index is 10.9. The third-order valence-electron chi connectivity index (χ3n) is 1.71. The standard InChI is InChI=1S/C6H11OPS3/c1-9-6(2-8)3-10-5(7)11-4-6/h2-4,8H2,1H3. The number of carbonyl (C=O) groups excluding carboxylic acids is 1. The van der Waals surface area contributed by atoms with Crippen LogP contribution in [-0.2, 0) is 0 Å². The maximum absolute atomic E-state index is 10.9. The van der Waals surface area contributed by atoms with Crippen LogP contribution in [0.2, 0.25) is 0 Å². The molecule has 0 saturated carbocycles. The fraction of sp³-hybridized carbons (Fsp3) is 0.833. The van der Waals surface area contributed by atoms with Gasteiger partial charge in [-0.25, -0.2) is 0 Å². The molecule has 1 unspecified atom stereocenters. The molecular formula is C6H11OPS3. The van der Waals surface area contributed by atoms with Crippen LogP contribution in [0, 0.1) is 0 Å². The number of thioether (sulfide) groups is 3. The van der Waals surface area contributed by atoms with E-state index in [0.29, 0.717) is 4.75 Å². The SMILES string of the molecule is CSC1(CP)CSC(=O)SC1. The minimum absolute atomic E-state index is 0.285. The van der Waals surface area contributed by atoms with Crippen molar-refractivity contribution in [3.8, 4) is 0 Å². The van der Waals surface area contributed by atoms with Crippen molar-refractivity contribution in [2.75, 3.05) is 23.9 Å². The van der Waals surface area contributed by atoms with Gasteiger partial charge in [-0.15, -0.1) is 9.24 Å². The molecule has 1 fully saturated rings. The first-order valence-electron chi connectivity index (χ1n) is 3.27. The van der Waals surface area contributed by atoms with Gasteiger partial charge in [0.25, 0.3) is 0 Å². The van der Waals surface area contributed by atoms with Crippen LogP contribution in [0.3, 0.4) is 0 Å². The van der Waals surface area contributed by atoms with Crippen LogP contribution in [0.1, 0.15) is 0 Å². The molecule has 0 spiro atoms. The van der Waals surface area contributed by atoms with Crippen molar-refractivity contribution in [1.82, 2.24) is 0 Å². The van der Waals surface area contributed by atoms with Gasteiger partial charge in [-0.1, -0.05) is 23.5 Å². The number of hydrogen-bond donors (Lipinski definition) is 0. The summed E-state index contributed by atoms with van der Waals surface area (Å²) in [6, 6.07) is 0. The van der Waals surface area contributed by atoms with Gasteiger partial charge < -0.3 is 0 Å². The van der Waals surface area contributed by atoms with Crippen LogP contribution in [-0.4, -0.2) is 33.1 Å². The largest absolute Gasteiger partial charge is 0.274 e. The summed E-state index contributed by atoms with van der Waals surface area (Å²) >= 11 is 4.81. The normalized spacial score (nSPS) is 23.6. The van der Waals surface area contributed by atoms with E-state index in [4.69, 9.17) is 0 Å². The summed E-state index contributed by atoms with van der Waals surface area (Å²) in [6.07, 6.45) is 3.21. The van der Waals surface area contributed by atoms with Crippen LogP contribution in [0.5, 0.6) is 0 Å². The van der Waals surface area contributed by atoms with Gasteiger partial charge in [0.2, 0.25) is 4.45 Å². The van der Waals surface area contributed by atoms with Gasteiger partial charge in [-0.3, -0.25) is 4.79 Å². The molecule has 1 aliphatic heterocycles. The highest BCUT2D eigenvalue weighted by Crippen LogP contribution is 2.40. The molecule has 0 amide bonds. The Morgan fingerprint density at radius 3 is 2.55 bits per heavy atom. The van der Waals surface area contributed by atoms with Crippen LogP contribution in [0.4, 0.5) is 4.79 Å². The molecule has 0 radical (unpaired) electrons. The van der Waals surface area contributed by atoms with E-state index in [1.165, 1.54) is 23.5 Å². The molecule has 1 nitrogen and oxygen atoms in total. The summed E-state index contributed by atoms with van der Waals surface area (Å²) in [7, 11) is 2.77. The van der Waals surface area contributed by atoms with E-state index in [9.17, 15) is 4.79 Å². The summed E-state index contributed by atoms with van der Waals surface area (Å²) < 4.78 is 0.613. The van der Waals surface area contributed by atoms with Gasteiger partial charge in [0, 0.05) is 16.3 Å². The van der Waals surface area contributed by atoms with Crippen molar-refractivity contribution in [3.63, 3.8) is 0 Å². The van der Waals surface area contributed by atoms with Gasteiger partial charge in [0.05, 0.1) is 0 Å². The summed E-state index contributed by atoms with van der Waals surface area (Å²) in [4.78, 5) is 10.9. The van der Waals surface area contributed by atoms with E-state index in [-0.39, 0.29) is 4.45 Å². The van der Waals surface area contributed by atoms with E-state index < -0.39 is 0 Å². The Labute approximate surface area is 82.4 Å². The molecule has 11 heavy (non-hydrogen) atoms. The smallest absolute Gasteiger partial charge is 0.246 e. The van der Waals surface area contributed by atoms with Crippen molar-refractivity contribution in [1.29, 1.82) is 0 Å². The Morgan fingerprint density at radius 1 is 1.64 bits per heavy atom. The highest BCUT2D eigenvalue weighted by molar-refractivity contribution is 8.39. The predicted molar refractivity (Wildman–Crippen MR) is 61.1 cm³/mol. The molecule has 0 aliphatic carbocycles. The van der Waals surface area contributed by atoms with Gasteiger partial charge >= 0.3 is 0 Å². The fourth-order valence-electron chi connectivity index (χ4n) is 0.783. The highest BCUT2D eigenvalue weighted by Gasteiger charge is 2.33. The molecule has 1 saturated heterocycles. The molecule has 0 aromatic heterocycles. The minimum Gasteiger partial charge on any atom is -0.274 e. The first kappa shape index (κ1) is 10.2. The minimum atomic E-state index is 0.285. The van der Waals surface area contributed by atoms with E-state index in [1.807, 2.05) is 11.8 Å². The van der Waals surface area contributed by atoms with Crippen molar-refractivity contribution in [2.45, 2.75) is 4.75 Å². The Bertz CT molecular complexity index is 146. The summed E-state index contributed by atoms with van der Waals surface area (Å²) in [5, 5.41) is 0. The second kappa shape index (κ2) is 4.40. The lowest BCUT2D eigenvalue weighted by atomic mass is 10.2. The zero-order valence-electron chi connectivity index (χ0n) is 6.33. The van der Waals surface area contributed by atoms with Crippen molar-refractivity contribution in [2.24, 2.45) is 0 Å². The molecule has 0 aromatic rings. The first-order valence-corrected chi connectivity index (χ1v) is 7.28. The Balaban J connectivity index is 2.52. The molecule has 1 atom stereocenters. The summed E-state index contributed by atoms with van der Waals surface area (Å²) in [6.45, 7) is 0. The van der Waals surface area contributed by atoms with E-state index in [1.54, 1.807) is 0 Å². The molecule has 5 heteroatoms. The average Bonchev–Trinajstić information content (AvgIpc) is 2.07. The molecule has 64 valence electrons. The molecule has 0 aromatic carbocycles. The van der Waals surface area contributed by atoms with Gasteiger partial charge in [-0.2, -0.15) is 11.8 Å². The monoisotopic (exact) mass is 226 g/mol. The maximum Gasteiger partial charge on any atom is 0.246 e. The summed E-state index contributed by atoms with van der Waals surface area (Å²) in [5.41, 5.74) is 0. The van der Waals surface area contributed by atoms with Crippen LogP contribution in [0.25, 0.3) is 0 Å². The highest BCUT2D eigenvalue weighted by atomic mass is 32.2. The van der Waals surface area contributed by atoms with Crippen LogP contribution >= 0.6 is 44.5 Å². The quantitative estimate of drug-likeness (QED) is 0.673. The van der Waals surface area contributed by atoms with Crippen molar-refractivity contribution >= 4 is 49.0 Å². The number of hydrogen-bond acceptors (Lipinski definition) is 4. The van der Waals surface area contributed by atoms with Gasteiger partial charge in [0.15, 0.2) is 0 Å². The number of carbonyl (C=O) groups is 1. The molecule has 1 aliphatic rings. The molecular weight excluding hydrogens is 215 g/mol. The third-order valence-corrected chi connectivity index (χ3v) is 7.05. The molecule has 1 heterocycles. The zero-order valence-corrected chi connectivity index (χ0v) is 9.94. The predicted octanol–water partition coefficient (Wildman–Crippen LogP) is 2.56. The molecule has 0 N–H and O–H groups in total. The Morgan fingerprint density at radius 2 is 2.18 bits per heavy atom. The molecule has 0 bridgehead atoms. The topological polar surface area (TPSA) is 17.1 Å². The summed E-state index contributed by atoms with van der Waals surface area (Å²) in [5.74, 6) is 1.95. The fourth-order valence-corrected chi connectivity index (χ4v) is 5.47.